The van der Waals surface area contributed by atoms with Crippen molar-refractivity contribution in [2.75, 3.05) is 6.54 Å². The summed E-state index contributed by atoms with van der Waals surface area (Å²) in [4.78, 5) is 0. The first-order chi connectivity index (χ1) is 9.66. The summed E-state index contributed by atoms with van der Waals surface area (Å²) in [6, 6.07) is 7.21. The lowest BCUT2D eigenvalue weighted by atomic mass is 9.93. The number of rotatable bonds is 3. The van der Waals surface area contributed by atoms with Crippen LogP contribution in [0, 0.1) is 6.92 Å². The number of H-pyrrole nitrogens is 1. The second-order valence-electron chi connectivity index (χ2n) is 6.08. The van der Waals surface area contributed by atoms with Gasteiger partial charge in [-0.05, 0) is 48.9 Å². The second kappa shape index (κ2) is 5.41. The normalized spacial score (nSPS) is 18.9. The maximum absolute atomic E-state index is 4.29. The standard InChI is InChI=1S/C17H23N3/c1-11(2)13-7-6-12(3)14(9-13)15-10-19-20-17(15)16-5-4-8-18-16/h6-7,9-11,16,18H,4-5,8H2,1-3H3,(H,19,20). The molecule has 0 radical (unpaired) electrons. The minimum atomic E-state index is 0.426. The van der Waals surface area contributed by atoms with Crippen LogP contribution in [0.25, 0.3) is 11.1 Å². The van der Waals surface area contributed by atoms with Gasteiger partial charge in [-0.15, -0.1) is 0 Å². The molecule has 0 amide bonds. The summed E-state index contributed by atoms with van der Waals surface area (Å²) in [6.45, 7) is 7.76. The molecule has 2 aromatic rings. The first-order valence-electron chi connectivity index (χ1n) is 7.54. The Bertz CT molecular complexity index is 592. The minimum absolute atomic E-state index is 0.426. The van der Waals surface area contributed by atoms with Crippen LogP contribution in [0.4, 0.5) is 0 Å². The van der Waals surface area contributed by atoms with Gasteiger partial charge >= 0.3 is 0 Å². The second-order valence-corrected chi connectivity index (χ2v) is 6.08. The van der Waals surface area contributed by atoms with E-state index in [1.54, 1.807) is 0 Å². The highest BCUT2D eigenvalue weighted by molar-refractivity contribution is 5.70. The summed E-state index contributed by atoms with van der Waals surface area (Å²) < 4.78 is 0. The molecule has 0 bridgehead atoms. The summed E-state index contributed by atoms with van der Waals surface area (Å²) in [5.41, 5.74) is 6.51. The van der Waals surface area contributed by atoms with E-state index in [4.69, 9.17) is 0 Å². The number of benzene rings is 1. The Morgan fingerprint density at radius 3 is 2.80 bits per heavy atom. The van der Waals surface area contributed by atoms with E-state index in [0.717, 1.165) is 6.54 Å². The highest BCUT2D eigenvalue weighted by atomic mass is 15.1. The molecular formula is C17H23N3. The lowest BCUT2D eigenvalue weighted by Gasteiger charge is -2.14. The van der Waals surface area contributed by atoms with Crippen molar-refractivity contribution in [2.45, 2.75) is 45.6 Å². The summed E-state index contributed by atoms with van der Waals surface area (Å²) in [7, 11) is 0. The molecule has 1 atom stereocenters. The van der Waals surface area contributed by atoms with Gasteiger partial charge in [-0.3, -0.25) is 5.10 Å². The Kier molecular flexibility index (Phi) is 3.62. The molecule has 0 aliphatic carbocycles. The number of nitrogens with one attached hydrogen (secondary N) is 2. The predicted octanol–water partition coefficient (Wildman–Crippen LogP) is 3.93. The summed E-state index contributed by atoms with van der Waals surface area (Å²) in [5.74, 6) is 0.550. The van der Waals surface area contributed by atoms with E-state index >= 15 is 0 Å². The largest absolute Gasteiger partial charge is 0.309 e. The van der Waals surface area contributed by atoms with Crippen LogP contribution in [0.2, 0.25) is 0 Å². The molecule has 1 aromatic carbocycles. The third kappa shape index (κ3) is 2.38. The third-order valence-corrected chi connectivity index (χ3v) is 4.30. The number of aromatic nitrogens is 2. The SMILES string of the molecule is Cc1ccc(C(C)C)cc1-c1cn[nH]c1C1CCCN1. The van der Waals surface area contributed by atoms with E-state index in [1.165, 1.54) is 40.8 Å². The highest BCUT2D eigenvalue weighted by Gasteiger charge is 2.22. The third-order valence-electron chi connectivity index (χ3n) is 4.30. The first-order valence-corrected chi connectivity index (χ1v) is 7.54. The molecule has 2 N–H and O–H groups in total. The molecule has 3 heteroatoms. The molecule has 1 fully saturated rings. The van der Waals surface area contributed by atoms with Gasteiger partial charge in [-0.25, -0.2) is 0 Å². The fourth-order valence-corrected chi connectivity index (χ4v) is 3.00. The van der Waals surface area contributed by atoms with Crippen molar-refractivity contribution in [1.29, 1.82) is 0 Å². The van der Waals surface area contributed by atoms with Crippen molar-refractivity contribution in [3.05, 3.63) is 41.2 Å². The molecule has 0 saturated carbocycles. The highest BCUT2D eigenvalue weighted by Crippen LogP contribution is 2.34. The maximum atomic E-state index is 4.29. The van der Waals surface area contributed by atoms with Gasteiger partial charge in [0.1, 0.15) is 0 Å². The molecule has 1 aromatic heterocycles. The van der Waals surface area contributed by atoms with Gasteiger partial charge in [-0.1, -0.05) is 32.0 Å². The topological polar surface area (TPSA) is 40.7 Å². The Morgan fingerprint density at radius 2 is 2.10 bits per heavy atom. The van der Waals surface area contributed by atoms with E-state index in [2.05, 4.69) is 54.5 Å². The van der Waals surface area contributed by atoms with Crippen molar-refractivity contribution in [2.24, 2.45) is 0 Å². The fraction of sp³-hybridized carbons (Fsp3) is 0.471. The summed E-state index contributed by atoms with van der Waals surface area (Å²) >= 11 is 0. The predicted molar refractivity (Wildman–Crippen MR) is 82.8 cm³/mol. The Labute approximate surface area is 120 Å². The molecule has 1 aliphatic rings. The van der Waals surface area contributed by atoms with E-state index in [1.807, 2.05) is 6.20 Å². The average molecular weight is 269 g/mol. The smallest absolute Gasteiger partial charge is 0.0600 e. The van der Waals surface area contributed by atoms with Crippen molar-refractivity contribution < 1.29 is 0 Å². The van der Waals surface area contributed by atoms with E-state index in [-0.39, 0.29) is 0 Å². The van der Waals surface area contributed by atoms with Gasteiger partial charge in [0.15, 0.2) is 0 Å². The van der Waals surface area contributed by atoms with Crippen LogP contribution in [0.1, 0.15) is 55.5 Å². The fourth-order valence-electron chi connectivity index (χ4n) is 3.00. The van der Waals surface area contributed by atoms with E-state index < -0.39 is 0 Å². The number of hydrogen-bond acceptors (Lipinski definition) is 2. The van der Waals surface area contributed by atoms with Crippen LogP contribution in [0.3, 0.4) is 0 Å². The van der Waals surface area contributed by atoms with Crippen molar-refractivity contribution in [1.82, 2.24) is 15.5 Å². The van der Waals surface area contributed by atoms with Crippen molar-refractivity contribution in [3.8, 4) is 11.1 Å². The van der Waals surface area contributed by atoms with Gasteiger partial charge < -0.3 is 5.32 Å². The van der Waals surface area contributed by atoms with Crippen LogP contribution < -0.4 is 5.32 Å². The van der Waals surface area contributed by atoms with Gasteiger partial charge in [-0.2, -0.15) is 5.10 Å². The zero-order chi connectivity index (χ0) is 14.1. The Hall–Kier alpha value is -1.61. The molecular weight excluding hydrogens is 246 g/mol. The molecule has 20 heavy (non-hydrogen) atoms. The zero-order valence-electron chi connectivity index (χ0n) is 12.5. The lowest BCUT2D eigenvalue weighted by molar-refractivity contribution is 0.626. The molecule has 1 saturated heterocycles. The van der Waals surface area contributed by atoms with E-state index in [0.29, 0.717) is 12.0 Å². The number of aromatic amines is 1. The van der Waals surface area contributed by atoms with Gasteiger partial charge in [0.05, 0.1) is 11.9 Å². The molecule has 3 nitrogen and oxygen atoms in total. The minimum Gasteiger partial charge on any atom is -0.309 e. The molecule has 106 valence electrons. The molecule has 1 aliphatic heterocycles. The maximum Gasteiger partial charge on any atom is 0.0600 e. The monoisotopic (exact) mass is 269 g/mol. The van der Waals surface area contributed by atoms with Crippen molar-refractivity contribution in [3.63, 3.8) is 0 Å². The molecule has 1 unspecified atom stereocenters. The van der Waals surface area contributed by atoms with Gasteiger partial charge in [0.2, 0.25) is 0 Å². The van der Waals surface area contributed by atoms with Crippen LogP contribution in [0.15, 0.2) is 24.4 Å². The number of hydrogen-bond donors (Lipinski definition) is 2. The number of nitrogens with zero attached hydrogens (tertiary/aromatic N) is 1. The van der Waals surface area contributed by atoms with Crippen LogP contribution >= 0.6 is 0 Å². The van der Waals surface area contributed by atoms with Gasteiger partial charge in [0.25, 0.3) is 0 Å². The quantitative estimate of drug-likeness (QED) is 0.886. The Balaban J connectivity index is 2.04. The van der Waals surface area contributed by atoms with Gasteiger partial charge in [0, 0.05) is 11.6 Å². The number of aryl methyl sites for hydroxylation is 1. The van der Waals surface area contributed by atoms with Crippen LogP contribution in [0.5, 0.6) is 0 Å². The zero-order valence-corrected chi connectivity index (χ0v) is 12.5. The lowest BCUT2D eigenvalue weighted by Crippen LogP contribution is -2.14. The van der Waals surface area contributed by atoms with Crippen LogP contribution in [-0.2, 0) is 0 Å². The summed E-state index contributed by atoms with van der Waals surface area (Å²) in [6.07, 6.45) is 4.41. The molecule has 2 heterocycles. The summed E-state index contributed by atoms with van der Waals surface area (Å²) in [5, 5.41) is 11.1. The first kappa shape index (κ1) is 13.4. The molecule has 0 spiro atoms. The molecule has 3 rings (SSSR count). The average Bonchev–Trinajstić information content (AvgIpc) is 3.09. The Morgan fingerprint density at radius 1 is 1.25 bits per heavy atom. The van der Waals surface area contributed by atoms with Crippen LogP contribution in [-0.4, -0.2) is 16.7 Å². The van der Waals surface area contributed by atoms with Crippen molar-refractivity contribution >= 4 is 0 Å². The van der Waals surface area contributed by atoms with E-state index in [9.17, 15) is 0 Å².